The van der Waals surface area contributed by atoms with Crippen LogP contribution in [0.1, 0.15) is 25.7 Å². The molecular weight excluding hydrogens is 220 g/mol. The van der Waals surface area contributed by atoms with Crippen LogP contribution in [0.25, 0.3) is 0 Å². The highest BCUT2D eigenvalue weighted by Crippen LogP contribution is 2.36. The molecule has 1 fully saturated rings. The number of hydrogen-bond donors (Lipinski definition) is 1. The fourth-order valence-electron chi connectivity index (χ4n) is 2.89. The summed E-state index contributed by atoms with van der Waals surface area (Å²) < 4.78 is 0. The molecule has 2 aliphatic rings. The highest BCUT2D eigenvalue weighted by atomic mass is 35.5. The topological polar surface area (TPSA) is 15.3 Å². The molecule has 0 amide bonds. The molecule has 2 heterocycles. The third-order valence-corrected chi connectivity index (χ3v) is 3.92. The molecular formula is C13H17ClN2. The van der Waals surface area contributed by atoms with Crippen molar-refractivity contribution in [2.24, 2.45) is 0 Å². The molecule has 1 aromatic carbocycles. The first-order chi connectivity index (χ1) is 7.84. The summed E-state index contributed by atoms with van der Waals surface area (Å²) in [5, 5.41) is 4.32. The lowest BCUT2D eigenvalue weighted by molar-refractivity contribution is 0.450. The van der Waals surface area contributed by atoms with Gasteiger partial charge in [-0.1, -0.05) is 11.6 Å². The van der Waals surface area contributed by atoms with Crippen LogP contribution >= 0.6 is 11.6 Å². The molecule has 0 aliphatic carbocycles. The van der Waals surface area contributed by atoms with Gasteiger partial charge in [0.2, 0.25) is 0 Å². The normalized spacial score (nSPS) is 24.1. The van der Waals surface area contributed by atoms with E-state index in [1.165, 1.54) is 43.6 Å². The Kier molecular flexibility index (Phi) is 2.68. The maximum Gasteiger partial charge on any atom is 0.0605 e. The van der Waals surface area contributed by atoms with Gasteiger partial charge in [0.25, 0.3) is 0 Å². The van der Waals surface area contributed by atoms with Gasteiger partial charge in [-0.05, 0) is 43.9 Å². The number of nitrogens with one attached hydrogen (secondary N) is 1. The van der Waals surface area contributed by atoms with Gasteiger partial charge < -0.3 is 10.2 Å². The average molecular weight is 237 g/mol. The molecule has 1 N–H and O–H groups in total. The van der Waals surface area contributed by atoms with E-state index in [0.29, 0.717) is 0 Å². The maximum absolute atomic E-state index is 6.05. The third kappa shape index (κ3) is 1.75. The van der Waals surface area contributed by atoms with Crippen molar-refractivity contribution in [3.8, 4) is 0 Å². The Hall–Kier alpha value is -0.890. The summed E-state index contributed by atoms with van der Waals surface area (Å²) in [6, 6.07) is 6.94. The van der Waals surface area contributed by atoms with Gasteiger partial charge in [0.05, 0.1) is 11.4 Å². The van der Waals surface area contributed by atoms with Crippen LogP contribution in [-0.4, -0.2) is 19.1 Å². The van der Waals surface area contributed by atoms with Crippen LogP contribution in [0, 0.1) is 0 Å². The Bertz CT molecular complexity index is 392. The van der Waals surface area contributed by atoms with Crippen LogP contribution in [0.3, 0.4) is 0 Å². The molecule has 3 heteroatoms. The predicted octanol–water partition coefficient (Wildman–Crippen LogP) is 3.51. The minimum absolute atomic E-state index is 0.726. The van der Waals surface area contributed by atoms with Gasteiger partial charge >= 0.3 is 0 Å². The SMILES string of the molecule is Clc1ccc2c(c1)NCCC1CCCCN21. The number of hydrogen-bond acceptors (Lipinski definition) is 2. The van der Waals surface area contributed by atoms with E-state index in [0.717, 1.165) is 17.6 Å². The first-order valence-corrected chi connectivity index (χ1v) is 6.52. The predicted molar refractivity (Wildman–Crippen MR) is 69.5 cm³/mol. The number of nitrogens with zero attached hydrogens (tertiary/aromatic N) is 1. The van der Waals surface area contributed by atoms with E-state index in [9.17, 15) is 0 Å². The minimum Gasteiger partial charge on any atom is -0.383 e. The molecule has 16 heavy (non-hydrogen) atoms. The van der Waals surface area contributed by atoms with Crippen molar-refractivity contribution in [2.75, 3.05) is 23.3 Å². The Balaban J connectivity index is 2.00. The van der Waals surface area contributed by atoms with E-state index in [1.54, 1.807) is 0 Å². The summed E-state index contributed by atoms with van der Waals surface area (Å²) in [4.78, 5) is 2.56. The zero-order chi connectivity index (χ0) is 11.0. The molecule has 1 aromatic rings. The van der Waals surface area contributed by atoms with Crippen LogP contribution in [0.5, 0.6) is 0 Å². The summed E-state index contributed by atoms with van der Waals surface area (Å²) in [6.45, 7) is 2.26. The van der Waals surface area contributed by atoms with Crippen LogP contribution in [0.4, 0.5) is 11.4 Å². The second-order valence-electron chi connectivity index (χ2n) is 4.72. The Morgan fingerprint density at radius 3 is 3.12 bits per heavy atom. The van der Waals surface area contributed by atoms with Crippen LogP contribution < -0.4 is 10.2 Å². The second kappa shape index (κ2) is 4.17. The van der Waals surface area contributed by atoms with Crippen molar-refractivity contribution < 1.29 is 0 Å². The van der Waals surface area contributed by atoms with Gasteiger partial charge in [-0.2, -0.15) is 0 Å². The Morgan fingerprint density at radius 2 is 2.19 bits per heavy atom. The fraction of sp³-hybridized carbons (Fsp3) is 0.538. The van der Waals surface area contributed by atoms with Crippen molar-refractivity contribution in [3.05, 3.63) is 23.2 Å². The Labute approximate surface area is 102 Å². The summed E-state index contributed by atoms with van der Waals surface area (Å²) >= 11 is 6.05. The molecule has 0 spiro atoms. The molecule has 2 aliphatic heterocycles. The molecule has 1 atom stereocenters. The van der Waals surface area contributed by atoms with Crippen LogP contribution in [0.2, 0.25) is 5.02 Å². The monoisotopic (exact) mass is 236 g/mol. The summed E-state index contributed by atoms with van der Waals surface area (Å²) in [6.07, 6.45) is 5.28. The number of fused-ring (bicyclic) bond motifs is 3. The number of halogens is 1. The lowest BCUT2D eigenvalue weighted by Crippen LogP contribution is -2.39. The van der Waals surface area contributed by atoms with E-state index in [1.807, 2.05) is 12.1 Å². The van der Waals surface area contributed by atoms with Crippen molar-refractivity contribution >= 4 is 23.0 Å². The van der Waals surface area contributed by atoms with E-state index in [4.69, 9.17) is 11.6 Å². The lowest BCUT2D eigenvalue weighted by atomic mass is 9.99. The summed E-state index contributed by atoms with van der Waals surface area (Å²) in [5.74, 6) is 0. The maximum atomic E-state index is 6.05. The zero-order valence-electron chi connectivity index (χ0n) is 9.38. The van der Waals surface area contributed by atoms with Gasteiger partial charge in [-0.3, -0.25) is 0 Å². The van der Waals surface area contributed by atoms with Gasteiger partial charge in [0, 0.05) is 24.2 Å². The molecule has 86 valence electrons. The van der Waals surface area contributed by atoms with Gasteiger partial charge in [-0.25, -0.2) is 0 Å². The van der Waals surface area contributed by atoms with Gasteiger partial charge in [0.15, 0.2) is 0 Å². The molecule has 2 nitrogen and oxygen atoms in total. The number of rotatable bonds is 0. The fourth-order valence-corrected chi connectivity index (χ4v) is 3.06. The van der Waals surface area contributed by atoms with E-state index >= 15 is 0 Å². The molecule has 0 saturated carbocycles. The highest BCUT2D eigenvalue weighted by molar-refractivity contribution is 6.31. The summed E-state index contributed by atoms with van der Waals surface area (Å²) in [7, 11) is 0. The minimum atomic E-state index is 0.726. The molecule has 3 rings (SSSR count). The quantitative estimate of drug-likeness (QED) is 0.742. The van der Waals surface area contributed by atoms with Crippen molar-refractivity contribution in [3.63, 3.8) is 0 Å². The molecule has 0 bridgehead atoms. The zero-order valence-corrected chi connectivity index (χ0v) is 10.1. The van der Waals surface area contributed by atoms with Gasteiger partial charge in [0.1, 0.15) is 0 Å². The standard InChI is InChI=1S/C13H17ClN2/c14-10-4-5-13-12(9-10)15-7-6-11-3-1-2-8-16(11)13/h4-5,9,11,15H,1-3,6-8H2. The number of piperidine rings is 1. The van der Waals surface area contributed by atoms with Crippen molar-refractivity contribution in [2.45, 2.75) is 31.7 Å². The van der Waals surface area contributed by atoms with E-state index < -0.39 is 0 Å². The molecule has 1 saturated heterocycles. The van der Waals surface area contributed by atoms with Crippen molar-refractivity contribution in [1.29, 1.82) is 0 Å². The Morgan fingerprint density at radius 1 is 1.25 bits per heavy atom. The van der Waals surface area contributed by atoms with Crippen molar-refractivity contribution in [1.82, 2.24) is 0 Å². The molecule has 1 unspecified atom stereocenters. The lowest BCUT2D eigenvalue weighted by Gasteiger charge is -2.36. The molecule has 0 aromatic heterocycles. The summed E-state index contributed by atoms with van der Waals surface area (Å²) in [5.41, 5.74) is 2.54. The van der Waals surface area contributed by atoms with Crippen LogP contribution in [-0.2, 0) is 0 Å². The first-order valence-electron chi connectivity index (χ1n) is 6.15. The molecule has 0 radical (unpaired) electrons. The number of benzene rings is 1. The average Bonchev–Trinajstić information content (AvgIpc) is 2.47. The number of anilines is 2. The van der Waals surface area contributed by atoms with E-state index in [2.05, 4.69) is 16.3 Å². The first kappa shape index (κ1) is 10.3. The largest absolute Gasteiger partial charge is 0.383 e. The second-order valence-corrected chi connectivity index (χ2v) is 5.16. The smallest absolute Gasteiger partial charge is 0.0605 e. The van der Waals surface area contributed by atoms with Gasteiger partial charge in [-0.15, -0.1) is 0 Å². The van der Waals surface area contributed by atoms with Crippen LogP contribution in [0.15, 0.2) is 18.2 Å². The third-order valence-electron chi connectivity index (χ3n) is 3.69. The van der Waals surface area contributed by atoms with E-state index in [-0.39, 0.29) is 0 Å². The highest BCUT2D eigenvalue weighted by Gasteiger charge is 2.26.